The number of amides is 1. The van der Waals surface area contributed by atoms with E-state index in [4.69, 9.17) is 23.6 Å². The SMILES string of the molecule is Cc1nc(-c2onc(C)c2COC(=O)N(C)C2CCCC2)ccc1B1OC(C)(C)C(C)(C)O1. The molecule has 0 N–H and O–H groups in total. The van der Waals surface area contributed by atoms with E-state index in [0.717, 1.165) is 42.4 Å². The smallest absolute Gasteiger partial charge is 0.444 e. The third-order valence-corrected chi connectivity index (χ3v) is 7.35. The summed E-state index contributed by atoms with van der Waals surface area (Å²) in [7, 11) is 1.32. The second-order valence-electron chi connectivity index (χ2n) is 10.1. The molecule has 1 aliphatic heterocycles. The number of hydrogen-bond acceptors (Lipinski definition) is 7. The molecule has 0 atom stereocenters. The van der Waals surface area contributed by atoms with Crippen LogP contribution in [0, 0.1) is 13.8 Å². The molecule has 2 fully saturated rings. The van der Waals surface area contributed by atoms with Crippen LogP contribution >= 0.6 is 0 Å². The minimum absolute atomic E-state index is 0.0836. The fourth-order valence-corrected chi connectivity index (χ4v) is 4.35. The Morgan fingerprint density at radius 2 is 1.76 bits per heavy atom. The van der Waals surface area contributed by atoms with E-state index < -0.39 is 18.3 Å². The van der Waals surface area contributed by atoms with Crippen molar-refractivity contribution in [1.82, 2.24) is 15.0 Å². The summed E-state index contributed by atoms with van der Waals surface area (Å²) in [6.45, 7) is 11.9. The van der Waals surface area contributed by atoms with Gasteiger partial charge in [-0.1, -0.05) is 24.1 Å². The van der Waals surface area contributed by atoms with Crippen molar-refractivity contribution in [3.8, 4) is 11.5 Å². The Bertz CT molecular complexity index is 1010. The van der Waals surface area contributed by atoms with Gasteiger partial charge in [-0.25, -0.2) is 4.79 Å². The number of hydrogen-bond donors (Lipinski definition) is 0. The molecule has 1 aliphatic carbocycles. The number of nitrogens with zero attached hydrogens (tertiary/aromatic N) is 3. The van der Waals surface area contributed by atoms with Crippen molar-refractivity contribution in [2.75, 3.05) is 7.05 Å². The maximum absolute atomic E-state index is 12.5. The summed E-state index contributed by atoms with van der Waals surface area (Å²) in [5, 5.41) is 4.09. The molecule has 2 aliphatic rings. The molecule has 1 amide bonds. The molecule has 0 spiro atoms. The summed E-state index contributed by atoms with van der Waals surface area (Å²) in [6.07, 6.45) is 4.05. The van der Waals surface area contributed by atoms with E-state index in [1.165, 1.54) is 0 Å². The van der Waals surface area contributed by atoms with Crippen LogP contribution in [0.25, 0.3) is 11.5 Å². The van der Waals surface area contributed by atoms with E-state index in [-0.39, 0.29) is 18.7 Å². The van der Waals surface area contributed by atoms with Crippen molar-refractivity contribution < 1.29 is 23.4 Å². The molecule has 33 heavy (non-hydrogen) atoms. The zero-order valence-electron chi connectivity index (χ0n) is 20.7. The molecule has 2 aromatic rings. The monoisotopic (exact) mass is 455 g/mol. The van der Waals surface area contributed by atoms with E-state index in [1.54, 1.807) is 11.9 Å². The van der Waals surface area contributed by atoms with Crippen LogP contribution in [0.5, 0.6) is 0 Å². The Balaban J connectivity index is 1.50. The third kappa shape index (κ3) is 4.53. The van der Waals surface area contributed by atoms with E-state index in [0.29, 0.717) is 17.1 Å². The molecular weight excluding hydrogens is 421 g/mol. The molecule has 0 unspecified atom stereocenters. The van der Waals surface area contributed by atoms with Gasteiger partial charge in [0.25, 0.3) is 0 Å². The Labute approximate surface area is 196 Å². The van der Waals surface area contributed by atoms with Gasteiger partial charge in [0.05, 0.1) is 22.5 Å². The van der Waals surface area contributed by atoms with Crippen LogP contribution in [0.15, 0.2) is 16.7 Å². The fourth-order valence-electron chi connectivity index (χ4n) is 4.35. The number of aryl methyl sites for hydroxylation is 2. The molecule has 0 aromatic carbocycles. The molecule has 178 valence electrons. The predicted molar refractivity (Wildman–Crippen MR) is 125 cm³/mol. The number of pyridine rings is 1. The van der Waals surface area contributed by atoms with E-state index in [9.17, 15) is 4.79 Å². The van der Waals surface area contributed by atoms with Crippen molar-refractivity contribution in [1.29, 1.82) is 0 Å². The van der Waals surface area contributed by atoms with Crippen molar-refractivity contribution >= 4 is 18.7 Å². The Kier molecular flexibility index (Phi) is 6.31. The Morgan fingerprint density at radius 1 is 1.12 bits per heavy atom. The van der Waals surface area contributed by atoms with Crippen LogP contribution in [0.4, 0.5) is 4.79 Å². The van der Waals surface area contributed by atoms with E-state index in [2.05, 4.69) is 5.16 Å². The Hall–Kier alpha value is -2.39. The number of carbonyl (C=O) groups is 1. The molecule has 8 nitrogen and oxygen atoms in total. The van der Waals surface area contributed by atoms with Gasteiger partial charge in [0.1, 0.15) is 12.3 Å². The van der Waals surface area contributed by atoms with E-state index >= 15 is 0 Å². The van der Waals surface area contributed by atoms with Gasteiger partial charge in [-0.05, 0) is 60.5 Å². The van der Waals surface area contributed by atoms with Crippen molar-refractivity contribution in [3.63, 3.8) is 0 Å². The highest BCUT2D eigenvalue weighted by atomic mass is 16.7. The van der Waals surface area contributed by atoms with Crippen LogP contribution in [0.2, 0.25) is 0 Å². The van der Waals surface area contributed by atoms with Crippen LogP contribution in [-0.4, -0.2) is 52.5 Å². The summed E-state index contributed by atoms with van der Waals surface area (Å²) in [6, 6.07) is 4.07. The molecule has 1 saturated carbocycles. The van der Waals surface area contributed by atoms with Crippen molar-refractivity contribution in [2.45, 2.75) is 91.1 Å². The lowest BCUT2D eigenvalue weighted by Crippen LogP contribution is -2.41. The number of aromatic nitrogens is 2. The van der Waals surface area contributed by atoms with Gasteiger partial charge in [-0.15, -0.1) is 0 Å². The highest BCUT2D eigenvalue weighted by Gasteiger charge is 2.52. The standard InChI is InChI=1S/C24H34BN3O5/c1-15-18(14-30-22(29)28(7)17-10-8-9-11-17)21(31-27-15)20-13-12-19(16(2)26-20)25-32-23(3,4)24(5,6)33-25/h12-13,17H,8-11,14H2,1-7H3. The molecule has 2 aromatic heterocycles. The molecule has 1 saturated heterocycles. The first kappa shape index (κ1) is 23.8. The summed E-state index contributed by atoms with van der Waals surface area (Å²) >= 11 is 0. The van der Waals surface area contributed by atoms with Crippen LogP contribution in [-0.2, 0) is 20.7 Å². The molecule has 0 radical (unpaired) electrons. The van der Waals surface area contributed by atoms with Gasteiger partial charge in [0.2, 0.25) is 0 Å². The van der Waals surface area contributed by atoms with Crippen LogP contribution in [0.1, 0.15) is 70.3 Å². The maximum atomic E-state index is 12.5. The lowest BCUT2D eigenvalue weighted by molar-refractivity contribution is 0.00578. The number of rotatable bonds is 5. The lowest BCUT2D eigenvalue weighted by atomic mass is 9.78. The van der Waals surface area contributed by atoms with Gasteiger partial charge < -0.3 is 23.5 Å². The predicted octanol–water partition coefficient (Wildman–Crippen LogP) is 4.16. The average molecular weight is 455 g/mol. The summed E-state index contributed by atoms with van der Waals surface area (Å²) in [4.78, 5) is 19.0. The van der Waals surface area contributed by atoms with Crippen LogP contribution in [0.3, 0.4) is 0 Å². The molecule has 0 bridgehead atoms. The normalized spacial score (nSPS) is 19.8. The van der Waals surface area contributed by atoms with Crippen LogP contribution < -0.4 is 5.46 Å². The fraction of sp³-hybridized carbons (Fsp3) is 0.625. The quantitative estimate of drug-likeness (QED) is 0.626. The van der Waals surface area contributed by atoms with E-state index in [1.807, 2.05) is 53.7 Å². The second-order valence-corrected chi connectivity index (χ2v) is 10.1. The van der Waals surface area contributed by atoms with Gasteiger partial charge in [0.15, 0.2) is 5.76 Å². The molecular formula is C24H34BN3O5. The largest absolute Gasteiger partial charge is 0.496 e. The maximum Gasteiger partial charge on any atom is 0.496 e. The first-order valence-corrected chi connectivity index (χ1v) is 11.7. The second kappa shape index (κ2) is 8.76. The third-order valence-electron chi connectivity index (χ3n) is 7.35. The molecule has 4 rings (SSSR count). The number of carbonyl (C=O) groups excluding carboxylic acids is 1. The van der Waals surface area contributed by atoms with Gasteiger partial charge >= 0.3 is 13.2 Å². The summed E-state index contributed by atoms with van der Waals surface area (Å²) < 4.78 is 23.5. The zero-order valence-corrected chi connectivity index (χ0v) is 20.7. The first-order valence-electron chi connectivity index (χ1n) is 11.7. The first-order chi connectivity index (χ1) is 15.5. The Morgan fingerprint density at radius 3 is 2.36 bits per heavy atom. The zero-order chi connectivity index (χ0) is 24.0. The van der Waals surface area contributed by atoms with Gasteiger partial charge in [-0.3, -0.25) is 4.98 Å². The molecule has 3 heterocycles. The average Bonchev–Trinajstić information content (AvgIpc) is 3.44. The summed E-state index contributed by atoms with van der Waals surface area (Å²) in [5.74, 6) is 0.507. The lowest BCUT2D eigenvalue weighted by Gasteiger charge is -2.32. The number of ether oxygens (including phenoxy) is 1. The van der Waals surface area contributed by atoms with Gasteiger partial charge in [-0.2, -0.15) is 0 Å². The molecule has 9 heteroatoms. The van der Waals surface area contributed by atoms with Gasteiger partial charge in [0, 0.05) is 24.2 Å². The highest BCUT2D eigenvalue weighted by Crippen LogP contribution is 2.37. The highest BCUT2D eigenvalue weighted by molar-refractivity contribution is 6.62. The van der Waals surface area contributed by atoms with Crippen molar-refractivity contribution in [3.05, 3.63) is 29.1 Å². The summed E-state index contributed by atoms with van der Waals surface area (Å²) in [5.41, 5.74) is 2.84. The van der Waals surface area contributed by atoms with Crippen molar-refractivity contribution in [2.24, 2.45) is 0 Å². The minimum atomic E-state index is -0.487. The minimum Gasteiger partial charge on any atom is -0.444 e. The topological polar surface area (TPSA) is 86.9 Å².